The van der Waals surface area contributed by atoms with E-state index >= 15 is 0 Å². The highest BCUT2D eigenvalue weighted by Gasteiger charge is 2.46. The minimum atomic E-state index is -1.34. The van der Waals surface area contributed by atoms with E-state index in [1.54, 1.807) is 36.4 Å². The summed E-state index contributed by atoms with van der Waals surface area (Å²) in [6.07, 6.45) is 0. The van der Waals surface area contributed by atoms with E-state index in [4.69, 9.17) is 16.3 Å². The Morgan fingerprint density at radius 2 is 1.46 bits per heavy atom. The minimum Gasteiger partial charge on any atom is -0.457 e. The molecule has 0 radical (unpaired) electrons. The lowest BCUT2D eigenvalue weighted by atomic mass is 9.84. The van der Waals surface area contributed by atoms with E-state index in [0.717, 1.165) is 4.90 Å². The van der Waals surface area contributed by atoms with Gasteiger partial charge < -0.3 is 10.1 Å². The van der Waals surface area contributed by atoms with Crippen LogP contribution in [0.4, 0.5) is 16.2 Å². The number of para-hydroxylation sites is 1. The number of hydrogen-bond donors (Lipinski definition) is 1. The summed E-state index contributed by atoms with van der Waals surface area (Å²) in [6.45, 7) is 0. The average molecular weight is 542 g/mol. The van der Waals surface area contributed by atoms with Crippen molar-refractivity contribution >= 4 is 40.7 Å². The normalized spacial score (nSPS) is 16.9. The van der Waals surface area contributed by atoms with Crippen LogP contribution in [0.15, 0.2) is 103 Å². The number of nitrogens with zero attached hydrogens (tertiary/aromatic N) is 2. The Morgan fingerprint density at radius 1 is 0.846 bits per heavy atom. The second-order valence-corrected chi connectivity index (χ2v) is 9.14. The number of ether oxygens (including phenoxy) is 1. The molecule has 0 aromatic heterocycles. The highest BCUT2D eigenvalue weighted by molar-refractivity contribution is 6.31. The maximum absolute atomic E-state index is 13.8. The zero-order valence-electron chi connectivity index (χ0n) is 20.2. The quantitative estimate of drug-likeness (QED) is 0.126. The molecule has 4 aromatic rings. The largest absolute Gasteiger partial charge is 0.457 e. The first-order valence-corrected chi connectivity index (χ1v) is 12.2. The highest BCUT2D eigenvalue weighted by atomic mass is 35.5. The van der Waals surface area contributed by atoms with E-state index in [9.17, 15) is 24.5 Å². The molecule has 0 spiro atoms. The van der Waals surface area contributed by atoms with Gasteiger partial charge in [0.15, 0.2) is 5.78 Å². The van der Waals surface area contributed by atoms with Crippen LogP contribution in [0, 0.1) is 16.0 Å². The van der Waals surface area contributed by atoms with Crippen molar-refractivity contribution in [1.82, 2.24) is 5.32 Å². The van der Waals surface area contributed by atoms with Crippen molar-refractivity contribution in [3.8, 4) is 11.5 Å². The van der Waals surface area contributed by atoms with E-state index in [-0.39, 0.29) is 16.9 Å². The van der Waals surface area contributed by atoms with Crippen molar-refractivity contribution < 1.29 is 24.0 Å². The predicted octanol–water partition coefficient (Wildman–Crippen LogP) is 6.34. The topological polar surface area (TPSA) is 119 Å². The lowest BCUT2D eigenvalue weighted by Crippen LogP contribution is -2.58. The van der Waals surface area contributed by atoms with Gasteiger partial charge in [-0.25, -0.2) is 9.69 Å². The van der Waals surface area contributed by atoms with Crippen LogP contribution in [0.2, 0.25) is 5.02 Å². The third-order valence-electron chi connectivity index (χ3n) is 6.25. The van der Waals surface area contributed by atoms with Crippen molar-refractivity contribution in [2.45, 2.75) is 6.04 Å². The molecule has 9 nitrogen and oxygen atoms in total. The number of urea groups is 1. The SMILES string of the molecule is O=C(c1ccc(Cl)cc1)[C@@H]1C(=O)N(c2ccc(Oc3ccccc3)cc2)C(=O)N[C@@H]1c1ccc([N+](=O)[O-])cc1. The van der Waals surface area contributed by atoms with Crippen LogP contribution in [-0.2, 0) is 4.79 Å². The third kappa shape index (κ3) is 5.34. The molecule has 1 aliphatic heterocycles. The Morgan fingerprint density at radius 3 is 2.08 bits per heavy atom. The van der Waals surface area contributed by atoms with E-state index in [0.29, 0.717) is 22.1 Å². The number of non-ortho nitro benzene ring substituents is 1. The summed E-state index contributed by atoms with van der Waals surface area (Å²) >= 11 is 5.97. The molecule has 1 saturated heterocycles. The maximum Gasteiger partial charge on any atom is 0.329 e. The number of amides is 3. The average Bonchev–Trinajstić information content (AvgIpc) is 2.94. The number of nitro groups is 1. The first kappa shape index (κ1) is 25.6. The fourth-order valence-electron chi connectivity index (χ4n) is 4.33. The maximum atomic E-state index is 13.8. The van der Waals surface area contributed by atoms with Crippen molar-refractivity contribution in [2.24, 2.45) is 5.92 Å². The molecular weight excluding hydrogens is 522 g/mol. The number of halogens is 1. The van der Waals surface area contributed by atoms with E-state index < -0.39 is 34.6 Å². The smallest absolute Gasteiger partial charge is 0.329 e. The summed E-state index contributed by atoms with van der Waals surface area (Å²) in [4.78, 5) is 52.2. The molecule has 0 aliphatic carbocycles. The van der Waals surface area contributed by atoms with E-state index in [2.05, 4.69) is 5.32 Å². The Kier molecular flexibility index (Phi) is 7.07. The first-order valence-electron chi connectivity index (χ1n) is 11.8. The molecule has 5 rings (SSSR count). The number of anilines is 1. The lowest BCUT2D eigenvalue weighted by molar-refractivity contribution is -0.384. The molecule has 0 bridgehead atoms. The van der Waals surface area contributed by atoms with Gasteiger partial charge in [0.2, 0.25) is 5.91 Å². The van der Waals surface area contributed by atoms with Gasteiger partial charge in [0.1, 0.15) is 17.4 Å². The zero-order valence-corrected chi connectivity index (χ0v) is 20.9. The van der Waals surface area contributed by atoms with Crippen LogP contribution < -0.4 is 15.0 Å². The number of hydrogen-bond acceptors (Lipinski definition) is 6. The molecule has 194 valence electrons. The molecule has 1 aliphatic rings. The molecule has 1 heterocycles. The Balaban J connectivity index is 1.48. The number of ketones is 1. The van der Waals surface area contributed by atoms with Gasteiger partial charge in [-0.2, -0.15) is 0 Å². The van der Waals surface area contributed by atoms with Crippen LogP contribution >= 0.6 is 11.6 Å². The summed E-state index contributed by atoms with van der Waals surface area (Å²) in [5.74, 6) is -1.50. The van der Waals surface area contributed by atoms with Gasteiger partial charge in [-0.05, 0) is 66.2 Å². The Hall–Kier alpha value is -5.02. The molecule has 0 saturated carbocycles. The molecule has 2 atom stereocenters. The number of nitrogens with one attached hydrogen (secondary N) is 1. The lowest BCUT2D eigenvalue weighted by Gasteiger charge is -2.37. The van der Waals surface area contributed by atoms with Crippen LogP contribution in [0.1, 0.15) is 22.0 Å². The van der Waals surface area contributed by atoms with Crippen LogP contribution in [0.3, 0.4) is 0 Å². The molecule has 39 heavy (non-hydrogen) atoms. The highest BCUT2D eigenvalue weighted by Crippen LogP contribution is 2.35. The molecule has 3 amide bonds. The fourth-order valence-corrected chi connectivity index (χ4v) is 4.46. The number of carbonyl (C=O) groups is 3. The summed E-state index contributed by atoms with van der Waals surface area (Å²) in [5.41, 5.74) is 0.689. The minimum absolute atomic E-state index is 0.160. The second kappa shape index (κ2) is 10.8. The molecule has 0 unspecified atom stereocenters. The Bertz CT molecular complexity index is 1540. The van der Waals surface area contributed by atoms with E-state index in [1.807, 2.05) is 18.2 Å². The van der Waals surface area contributed by atoms with Gasteiger partial charge >= 0.3 is 6.03 Å². The predicted molar refractivity (Wildman–Crippen MR) is 144 cm³/mol. The number of imide groups is 1. The fraction of sp³-hybridized carbons (Fsp3) is 0.0690. The molecular formula is C29H20ClN3O6. The van der Waals surface area contributed by atoms with Crippen LogP contribution in [0.5, 0.6) is 11.5 Å². The number of rotatable bonds is 7. The number of carbonyl (C=O) groups excluding carboxylic acids is 3. The summed E-state index contributed by atoms with van der Waals surface area (Å²) in [6, 6.07) is 25.1. The number of benzene rings is 4. The van der Waals surface area contributed by atoms with Crippen molar-refractivity contribution in [3.05, 3.63) is 129 Å². The first-order chi connectivity index (χ1) is 18.8. The van der Waals surface area contributed by atoms with Crippen molar-refractivity contribution in [3.63, 3.8) is 0 Å². The summed E-state index contributed by atoms with van der Waals surface area (Å²) < 4.78 is 5.79. The third-order valence-corrected chi connectivity index (χ3v) is 6.50. The van der Waals surface area contributed by atoms with Gasteiger partial charge in [-0.15, -0.1) is 0 Å². The molecule has 1 N–H and O–H groups in total. The zero-order chi connectivity index (χ0) is 27.5. The summed E-state index contributed by atoms with van der Waals surface area (Å²) in [5, 5.41) is 14.3. The number of nitro benzene ring substituents is 1. The monoisotopic (exact) mass is 541 g/mol. The van der Waals surface area contributed by atoms with Crippen LogP contribution in [-0.4, -0.2) is 22.6 Å². The molecule has 1 fully saturated rings. The van der Waals surface area contributed by atoms with Crippen molar-refractivity contribution in [1.29, 1.82) is 0 Å². The van der Waals surface area contributed by atoms with Gasteiger partial charge in [-0.1, -0.05) is 41.9 Å². The number of Topliss-reactive ketones (excluding diaryl/α,β-unsaturated/α-hetero) is 1. The van der Waals surface area contributed by atoms with Crippen LogP contribution in [0.25, 0.3) is 0 Å². The summed E-state index contributed by atoms with van der Waals surface area (Å²) in [7, 11) is 0. The van der Waals surface area contributed by atoms with Gasteiger partial charge in [-0.3, -0.25) is 19.7 Å². The Labute approximate surface area is 227 Å². The van der Waals surface area contributed by atoms with Gasteiger partial charge in [0, 0.05) is 22.7 Å². The molecule has 4 aromatic carbocycles. The van der Waals surface area contributed by atoms with Crippen molar-refractivity contribution in [2.75, 3.05) is 4.90 Å². The second-order valence-electron chi connectivity index (χ2n) is 8.71. The van der Waals surface area contributed by atoms with Gasteiger partial charge in [0.25, 0.3) is 5.69 Å². The standard InChI is InChI=1S/C29H20ClN3O6/c30-20-10-6-19(7-11-20)27(34)25-26(18-8-12-22(13-9-18)33(37)38)31-29(36)32(28(25)35)21-14-16-24(17-15-21)39-23-4-2-1-3-5-23/h1-17,25-26H,(H,31,36)/t25-,26-/m1/s1. The van der Waals surface area contributed by atoms with E-state index in [1.165, 1.54) is 48.5 Å². The molecule has 10 heteroatoms. The van der Waals surface area contributed by atoms with Gasteiger partial charge in [0.05, 0.1) is 16.7 Å².